The Morgan fingerprint density at radius 1 is 1.70 bits per heavy atom. The summed E-state index contributed by atoms with van der Waals surface area (Å²) >= 11 is 0. The van der Waals surface area contributed by atoms with E-state index in [1.807, 2.05) is 0 Å². The van der Waals surface area contributed by atoms with Crippen LogP contribution in [0.2, 0.25) is 0 Å². The van der Waals surface area contributed by atoms with Crippen molar-refractivity contribution in [3.05, 3.63) is 5.82 Å². The van der Waals surface area contributed by atoms with Gasteiger partial charge in [0.1, 0.15) is 5.82 Å². The van der Waals surface area contributed by atoms with Crippen molar-refractivity contribution in [1.82, 2.24) is 15.2 Å². The van der Waals surface area contributed by atoms with Gasteiger partial charge in [0.15, 0.2) is 0 Å². The molecule has 5 heteroatoms. The fraction of sp³-hybridized carbons (Fsp3) is 0.600. The molecule has 0 aliphatic rings. The largest absolute Gasteiger partial charge is 0.356 e. The molecule has 56 valence electrons. The van der Waals surface area contributed by atoms with Crippen molar-refractivity contribution in [3.8, 4) is 0 Å². The third kappa shape index (κ3) is 1.44. The summed E-state index contributed by atoms with van der Waals surface area (Å²) in [6, 6.07) is 0. The van der Waals surface area contributed by atoms with E-state index in [-0.39, 0.29) is 0 Å². The monoisotopic (exact) mass is 141 g/mol. The van der Waals surface area contributed by atoms with Gasteiger partial charge in [0.2, 0.25) is 5.95 Å². The lowest BCUT2D eigenvalue weighted by Crippen LogP contribution is -2.04. The van der Waals surface area contributed by atoms with Crippen LogP contribution in [0, 0.1) is 0 Å². The number of rotatable bonds is 3. The molecule has 1 heterocycles. The predicted octanol–water partition coefficient (Wildman–Crippen LogP) is -0.652. The van der Waals surface area contributed by atoms with Crippen LogP contribution in [0.3, 0.4) is 0 Å². The van der Waals surface area contributed by atoms with Crippen LogP contribution in [0.5, 0.6) is 0 Å². The Labute approximate surface area is 59.0 Å². The van der Waals surface area contributed by atoms with Gasteiger partial charge in [-0.15, -0.1) is 5.10 Å². The summed E-state index contributed by atoms with van der Waals surface area (Å²) in [6.07, 6.45) is 0.745. The second kappa shape index (κ2) is 3.17. The number of H-pyrrole nitrogens is 1. The Hall–Kier alpha value is -1.10. The summed E-state index contributed by atoms with van der Waals surface area (Å²) in [4.78, 5) is 4.06. The lowest BCUT2D eigenvalue weighted by Gasteiger charge is -1.87. The van der Waals surface area contributed by atoms with Crippen LogP contribution in [0.15, 0.2) is 0 Å². The number of nitrogens with zero attached hydrogens (tertiary/aromatic N) is 2. The van der Waals surface area contributed by atoms with Crippen molar-refractivity contribution in [2.24, 2.45) is 5.73 Å². The molecular weight excluding hydrogens is 130 g/mol. The number of hydrogen-bond donors (Lipinski definition) is 3. The average Bonchev–Trinajstić information content (AvgIpc) is 2.37. The zero-order chi connectivity index (χ0) is 7.40. The molecule has 0 bridgehead atoms. The Morgan fingerprint density at radius 3 is 3.00 bits per heavy atom. The Bertz CT molecular complexity index is 194. The number of anilines is 1. The van der Waals surface area contributed by atoms with Crippen molar-refractivity contribution in [2.45, 2.75) is 6.42 Å². The van der Waals surface area contributed by atoms with Gasteiger partial charge in [0.05, 0.1) is 0 Å². The van der Waals surface area contributed by atoms with Crippen LogP contribution < -0.4 is 11.1 Å². The molecular formula is C5H11N5. The van der Waals surface area contributed by atoms with E-state index in [1.54, 1.807) is 7.05 Å². The van der Waals surface area contributed by atoms with Crippen LogP contribution in [-0.4, -0.2) is 28.8 Å². The van der Waals surface area contributed by atoms with Gasteiger partial charge in [0, 0.05) is 13.5 Å². The van der Waals surface area contributed by atoms with E-state index in [1.165, 1.54) is 0 Å². The standard InChI is InChI=1S/C5H11N5/c1-7-5-8-4(2-3-6)9-10-5/h2-3,6H2,1H3,(H2,7,8,9,10). The molecule has 10 heavy (non-hydrogen) atoms. The summed E-state index contributed by atoms with van der Waals surface area (Å²) in [5.74, 6) is 1.44. The average molecular weight is 141 g/mol. The van der Waals surface area contributed by atoms with E-state index < -0.39 is 0 Å². The molecule has 1 aromatic heterocycles. The lowest BCUT2D eigenvalue weighted by molar-refractivity contribution is 0.874. The maximum absolute atomic E-state index is 5.30. The first-order chi connectivity index (χ1) is 4.86. The third-order valence-corrected chi connectivity index (χ3v) is 1.14. The topological polar surface area (TPSA) is 79.6 Å². The van der Waals surface area contributed by atoms with Crippen LogP contribution in [0.4, 0.5) is 5.95 Å². The summed E-state index contributed by atoms with van der Waals surface area (Å²) in [5.41, 5.74) is 5.30. The molecule has 0 aromatic carbocycles. The van der Waals surface area contributed by atoms with Gasteiger partial charge in [-0.2, -0.15) is 4.98 Å². The first-order valence-electron chi connectivity index (χ1n) is 3.16. The quantitative estimate of drug-likeness (QED) is 0.522. The number of aromatic amines is 1. The normalized spacial score (nSPS) is 9.80. The van der Waals surface area contributed by atoms with Crippen LogP contribution in [0.1, 0.15) is 5.82 Å². The highest BCUT2D eigenvalue weighted by Crippen LogP contribution is 1.95. The molecule has 1 rings (SSSR count). The second-order valence-corrected chi connectivity index (χ2v) is 1.89. The van der Waals surface area contributed by atoms with E-state index in [0.29, 0.717) is 12.5 Å². The van der Waals surface area contributed by atoms with Crippen molar-refractivity contribution in [3.63, 3.8) is 0 Å². The predicted molar refractivity (Wildman–Crippen MR) is 38.7 cm³/mol. The summed E-state index contributed by atoms with van der Waals surface area (Å²) in [7, 11) is 1.77. The smallest absolute Gasteiger partial charge is 0.241 e. The highest BCUT2D eigenvalue weighted by molar-refractivity contribution is 5.20. The fourth-order valence-corrected chi connectivity index (χ4v) is 0.656. The highest BCUT2D eigenvalue weighted by Gasteiger charge is 1.97. The van der Waals surface area contributed by atoms with E-state index in [9.17, 15) is 0 Å². The maximum atomic E-state index is 5.30. The zero-order valence-corrected chi connectivity index (χ0v) is 5.89. The van der Waals surface area contributed by atoms with Crippen molar-refractivity contribution >= 4 is 5.95 Å². The minimum Gasteiger partial charge on any atom is -0.356 e. The number of nitrogens with two attached hydrogens (primary N) is 1. The molecule has 0 amide bonds. The number of nitrogens with one attached hydrogen (secondary N) is 2. The Morgan fingerprint density at radius 2 is 2.50 bits per heavy atom. The molecule has 0 aliphatic heterocycles. The second-order valence-electron chi connectivity index (χ2n) is 1.89. The molecule has 0 unspecified atom stereocenters. The van der Waals surface area contributed by atoms with Gasteiger partial charge in [-0.1, -0.05) is 0 Å². The Balaban J connectivity index is 2.59. The highest BCUT2D eigenvalue weighted by atomic mass is 15.3. The molecule has 0 saturated heterocycles. The third-order valence-electron chi connectivity index (χ3n) is 1.14. The molecule has 4 N–H and O–H groups in total. The number of hydrogen-bond acceptors (Lipinski definition) is 4. The van der Waals surface area contributed by atoms with E-state index in [4.69, 9.17) is 5.73 Å². The van der Waals surface area contributed by atoms with Gasteiger partial charge < -0.3 is 11.1 Å². The van der Waals surface area contributed by atoms with Crippen molar-refractivity contribution in [2.75, 3.05) is 18.9 Å². The van der Waals surface area contributed by atoms with E-state index in [0.717, 1.165) is 12.2 Å². The van der Waals surface area contributed by atoms with Gasteiger partial charge in [0.25, 0.3) is 0 Å². The molecule has 1 aromatic rings. The lowest BCUT2D eigenvalue weighted by atomic mass is 10.4. The fourth-order valence-electron chi connectivity index (χ4n) is 0.656. The van der Waals surface area contributed by atoms with E-state index in [2.05, 4.69) is 20.5 Å². The number of aromatic nitrogens is 3. The van der Waals surface area contributed by atoms with Gasteiger partial charge in [-0.25, -0.2) is 0 Å². The molecule has 0 fully saturated rings. The van der Waals surface area contributed by atoms with E-state index >= 15 is 0 Å². The van der Waals surface area contributed by atoms with Crippen LogP contribution in [0.25, 0.3) is 0 Å². The van der Waals surface area contributed by atoms with Gasteiger partial charge >= 0.3 is 0 Å². The maximum Gasteiger partial charge on any atom is 0.241 e. The summed E-state index contributed by atoms with van der Waals surface area (Å²) in [5, 5.41) is 9.42. The summed E-state index contributed by atoms with van der Waals surface area (Å²) < 4.78 is 0. The first kappa shape index (κ1) is 7.01. The van der Waals surface area contributed by atoms with Crippen LogP contribution in [-0.2, 0) is 6.42 Å². The summed E-state index contributed by atoms with van der Waals surface area (Å²) in [6.45, 7) is 0.596. The van der Waals surface area contributed by atoms with Crippen molar-refractivity contribution < 1.29 is 0 Å². The molecule has 0 radical (unpaired) electrons. The molecule has 0 saturated carbocycles. The minimum atomic E-state index is 0.596. The van der Waals surface area contributed by atoms with Crippen molar-refractivity contribution in [1.29, 1.82) is 0 Å². The zero-order valence-electron chi connectivity index (χ0n) is 5.89. The van der Waals surface area contributed by atoms with Gasteiger partial charge in [-0.05, 0) is 6.54 Å². The Kier molecular flexibility index (Phi) is 2.22. The minimum absolute atomic E-state index is 0.596. The van der Waals surface area contributed by atoms with Crippen LogP contribution >= 0.6 is 0 Å². The van der Waals surface area contributed by atoms with Gasteiger partial charge in [-0.3, -0.25) is 5.10 Å². The molecule has 0 aliphatic carbocycles. The molecule has 0 atom stereocenters. The molecule has 5 nitrogen and oxygen atoms in total. The molecule has 0 spiro atoms. The first-order valence-corrected chi connectivity index (χ1v) is 3.16. The SMILES string of the molecule is CNc1n[nH]c(CCN)n1.